The van der Waals surface area contributed by atoms with Gasteiger partial charge in [-0.1, -0.05) is 13.8 Å². The van der Waals surface area contributed by atoms with Crippen molar-refractivity contribution in [1.29, 1.82) is 0 Å². The maximum absolute atomic E-state index is 12.5. The van der Waals surface area contributed by atoms with E-state index in [4.69, 9.17) is 22.3 Å². The molecule has 0 spiro atoms. The first kappa shape index (κ1) is 27.7. The number of hydrogen-bond donors (Lipinski definition) is 8. The molecule has 0 fully saturated rings. The molecule has 0 aromatic rings. The monoisotopic (exact) mass is 446 g/mol. The molecule has 0 aliphatic rings. The number of carboxylic acid groups (broad SMARTS) is 1. The molecule has 0 saturated carbocycles. The molecular formula is C17H30N6O8. The second-order valence-electron chi connectivity index (χ2n) is 7.16. The van der Waals surface area contributed by atoms with E-state index in [1.165, 1.54) is 0 Å². The largest absolute Gasteiger partial charge is 0.480 e. The number of aliphatic hydroxyl groups is 1. The van der Waals surface area contributed by atoms with Crippen LogP contribution in [-0.4, -0.2) is 76.5 Å². The average Bonchev–Trinajstić information content (AvgIpc) is 2.65. The third-order valence-corrected chi connectivity index (χ3v) is 4.12. The van der Waals surface area contributed by atoms with Crippen LogP contribution in [0.15, 0.2) is 0 Å². The van der Waals surface area contributed by atoms with Crippen molar-refractivity contribution in [3.05, 3.63) is 0 Å². The van der Waals surface area contributed by atoms with E-state index >= 15 is 0 Å². The maximum atomic E-state index is 12.5. The van der Waals surface area contributed by atoms with Gasteiger partial charge in [-0.25, -0.2) is 4.79 Å². The van der Waals surface area contributed by atoms with Gasteiger partial charge in [0, 0.05) is 6.42 Å². The van der Waals surface area contributed by atoms with Crippen molar-refractivity contribution >= 4 is 35.5 Å². The molecule has 176 valence electrons. The fourth-order valence-corrected chi connectivity index (χ4v) is 2.38. The van der Waals surface area contributed by atoms with Crippen LogP contribution in [0.25, 0.3) is 0 Å². The van der Waals surface area contributed by atoms with Crippen molar-refractivity contribution in [2.75, 3.05) is 6.61 Å². The normalized spacial score (nSPS) is 14.6. The number of primary amides is 2. The molecule has 14 nitrogen and oxygen atoms in total. The smallest absolute Gasteiger partial charge is 0.326 e. The Morgan fingerprint density at radius 3 is 1.77 bits per heavy atom. The fourth-order valence-electron chi connectivity index (χ4n) is 2.38. The zero-order valence-electron chi connectivity index (χ0n) is 17.3. The zero-order valence-corrected chi connectivity index (χ0v) is 17.3. The molecule has 11 N–H and O–H groups in total. The van der Waals surface area contributed by atoms with E-state index in [1.54, 1.807) is 13.8 Å². The van der Waals surface area contributed by atoms with Crippen LogP contribution in [0.3, 0.4) is 0 Å². The lowest BCUT2D eigenvalue weighted by Crippen LogP contribution is -2.58. The average molecular weight is 446 g/mol. The highest BCUT2D eigenvalue weighted by Crippen LogP contribution is 2.04. The van der Waals surface area contributed by atoms with Gasteiger partial charge in [-0.3, -0.25) is 24.0 Å². The minimum atomic E-state index is -1.54. The van der Waals surface area contributed by atoms with Crippen LogP contribution in [0.1, 0.15) is 33.1 Å². The number of nitrogens with one attached hydrogen (secondary N) is 3. The van der Waals surface area contributed by atoms with Gasteiger partial charge in [0.05, 0.1) is 19.1 Å². The van der Waals surface area contributed by atoms with E-state index in [0.29, 0.717) is 0 Å². The Morgan fingerprint density at radius 1 is 0.839 bits per heavy atom. The van der Waals surface area contributed by atoms with Crippen LogP contribution in [-0.2, 0) is 28.8 Å². The number of carboxylic acids is 1. The topological polar surface area (TPSA) is 257 Å². The Bertz CT molecular complexity index is 698. The summed E-state index contributed by atoms with van der Waals surface area (Å²) in [5.74, 6) is -6.26. The predicted molar refractivity (Wildman–Crippen MR) is 106 cm³/mol. The van der Waals surface area contributed by atoms with Gasteiger partial charge in [0.25, 0.3) is 0 Å². The number of aliphatic hydroxyl groups excluding tert-OH is 1. The molecule has 0 radical (unpaired) electrons. The summed E-state index contributed by atoms with van der Waals surface area (Å²) in [6.45, 7) is 2.23. The highest BCUT2D eigenvalue weighted by atomic mass is 16.4. The van der Waals surface area contributed by atoms with Gasteiger partial charge < -0.3 is 43.4 Å². The van der Waals surface area contributed by atoms with Crippen molar-refractivity contribution in [2.24, 2.45) is 23.1 Å². The van der Waals surface area contributed by atoms with Gasteiger partial charge in [0.2, 0.25) is 29.5 Å². The Kier molecular flexibility index (Phi) is 11.7. The van der Waals surface area contributed by atoms with Crippen LogP contribution in [0.4, 0.5) is 0 Å². The number of aliphatic carboxylic acids is 1. The van der Waals surface area contributed by atoms with Crippen molar-refractivity contribution in [3.63, 3.8) is 0 Å². The molecule has 0 bridgehead atoms. The molecule has 0 rings (SSSR count). The van der Waals surface area contributed by atoms with E-state index < -0.39 is 78.6 Å². The standard InChI is InChI=1S/C17H30N6O8/c1-7(2)13(17(30)31)23-16(29)10(6-24)22-15(28)9(3-4-11(19)25)21-14(27)8(18)5-12(20)26/h7-10,13,24H,3-6,18H2,1-2H3,(H2,19,25)(H2,20,26)(H,21,27)(H,22,28)(H,23,29)(H,30,31). The fraction of sp³-hybridized carbons (Fsp3) is 0.647. The Morgan fingerprint density at radius 2 is 1.35 bits per heavy atom. The van der Waals surface area contributed by atoms with Crippen LogP contribution in [0.5, 0.6) is 0 Å². The third-order valence-electron chi connectivity index (χ3n) is 4.12. The third kappa shape index (κ3) is 10.4. The Labute approximate surface area is 178 Å². The van der Waals surface area contributed by atoms with Gasteiger partial charge in [0.15, 0.2) is 0 Å². The Hall–Kier alpha value is -3.26. The molecule has 4 atom stereocenters. The van der Waals surface area contributed by atoms with Gasteiger partial charge in [0.1, 0.15) is 18.1 Å². The molecule has 31 heavy (non-hydrogen) atoms. The first-order valence-corrected chi connectivity index (χ1v) is 9.37. The van der Waals surface area contributed by atoms with Crippen LogP contribution in [0.2, 0.25) is 0 Å². The van der Waals surface area contributed by atoms with E-state index in [0.717, 1.165) is 0 Å². The summed E-state index contributed by atoms with van der Waals surface area (Å²) in [4.78, 5) is 70.1. The van der Waals surface area contributed by atoms with Crippen LogP contribution in [0, 0.1) is 5.92 Å². The highest BCUT2D eigenvalue weighted by Gasteiger charge is 2.31. The molecule has 0 aromatic heterocycles. The predicted octanol–water partition coefficient (Wildman–Crippen LogP) is -4.36. The van der Waals surface area contributed by atoms with Gasteiger partial charge >= 0.3 is 5.97 Å². The van der Waals surface area contributed by atoms with Crippen LogP contribution >= 0.6 is 0 Å². The maximum Gasteiger partial charge on any atom is 0.326 e. The van der Waals surface area contributed by atoms with E-state index in [-0.39, 0.29) is 12.8 Å². The minimum Gasteiger partial charge on any atom is -0.480 e. The molecule has 0 heterocycles. The summed E-state index contributed by atoms with van der Waals surface area (Å²) in [5.41, 5.74) is 15.5. The summed E-state index contributed by atoms with van der Waals surface area (Å²) in [6.07, 6.45) is -1.07. The number of amides is 5. The summed E-state index contributed by atoms with van der Waals surface area (Å²) in [7, 11) is 0. The lowest BCUT2D eigenvalue weighted by Gasteiger charge is -2.25. The summed E-state index contributed by atoms with van der Waals surface area (Å²) in [5, 5.41) is 25.2. The molecule has 0 aliphatic heterocycles. The molecular weight excluding hydrogens is 416 g/mol. The second kappa shape index (κ2) is 13.1. The molecule has 14 heteroatoms. The second-order valence-corrected chi connectivity index (χ2v) is 7.16. The summed E-state index contributed by atoms with van der Waals surface area (Å²) in [6, 6.07) is -5.56. The number of carbonyl (C=O) groups is 6. The first-order valence-electron chi connectivity index (χ1n) is 9.37. The molecule has 5 amide bonds. The van der Waals surface area contributed by atoms with Crippen LogP contribution < -0.4 is 33.2 Å². The molecule has 0 aromatic carbocycles. The van der Waals surface area contributed by atoms with Crippen molar-refractivity contribution in [1.82, 2.24) is 16.0 Å². The minimum absolute atomic E-state index is 0.264. The van der Waals surface area contributed by atoms with Crippen molar-refractivity contribution < 1.29 is 39.0 Å². The zero-order chi connectivity index (χ0) is 24.3. The van der Waals surface area contributed by atoms with E-state index in [2.05, 4.69) is 16.0 Å². The van der Waals surface area contributed by atoms with Gasteiger partial charge in [-0.2, -0.15) is 0 Å². The number of carbonyl (C=O) groups excluding carboxylic acids is 5. The SMILES string of the molecule is CC(C)C(NC(=O)C(CO)NC(=O)C(CCC(N)=O)NC(=O)C(N)CC(N)=O)C(=O)O. The van der Waals surface area contributed by atoms with Crippen molar-refractivity contribution in [3.8, 4) is 0 Å². The Balaban J connectivity index is 5.32. The van der Waals surface area contributed by atoms with Gasteiger partial charge in [-0.05, 0) is 12.3 Å². The summed E-state index contributed by atoms with van der Waals surface area (Å²) < 4.78 is 0. The van der Waals surface area contributed by atoms with E-state index in [1.807, 2.05) is 0 Å². The lowest BCUT2D eigenvalue weighted by molar-refractivity contribution is -0.143. The summed E-state index contributed by atoms with van der Waals surface area (Å²) >= 11 is 0. The molecule has 0 saturated heterocycles. The first-order chi connectivity index (χ1) is 14.3. The molecule has 0 aliphatic carbocycles. The van der Waals surface area contributed by atoms with E-state index in [9.17, 15) is 33.9 Å². The number of hydrogen-bond acceptors (Lipinski definition) is 8. The number of rotatable bonds is 14. The van der Waals surface area contributed by atoms with Gasteiger partial charge in [-0.15, -0.1) is 0 Å². The lowest BCUT2D eigenvalue weighted by atomic mass is 10.0. The number of nitrogens with two attached hydrogens (primary N) is 3. The molecule has 4 unspecified atom stereocenters. The van der Waals surface area contributed by atoms with Crippen molar-refractivity contribution in [2.45, 2.75) is 57.3 Å². The highest BCUT2D eigenvalue weighted by molar-refractivity contribution is 5.95. The quantitative estimate of drug-likeness (QED) is 0.128.